The molecule has 0 radical (unpaired) electrons. The number of aromatic nitrogens is 2. The molecule has 0 saturated heterocycles. The van der Waals surface area contributed by atoms with Crippen LogP contribution in [0.3, 0.4) is 0 Å². The van der Waals surface area contributed by atoms with Gasteiger partial charge in [0.05, 0.1) is 6.21 Å². The summed E-state index contributed by atoms with van der Waals surface area (Å²) in [5.74, 6) is -0.282. The molecule has 6 heteroatoms. The molecule has 0 atom stereocenters. The quantitative estimate of drug-likeness (QED) is 0.651. The highest BCUT2D eigenvalue weighted by Gasteiger charge is 2.22. The molecular weight excluding hydrogens is 344 g/mol. The Bertz CT molecular complexity index is 734. The number of hydrazone groups is 1. The number of aromatic amines is 1. The van der Waals surface area contributed by atoms with E-state index in [-0.39, 0.29) is 5.91 Å². The lowest BCUT2D eigenvalue weighted by Gasteiger charge is -1.98. The molecule has 2 aromatic rings. The Morgan fingerprint density at radius 3 is 2.95 bits per heavy atom. The van der Waals surface area contributed by atoms with E-state index in [0.29, 0.717) is 5.69 Å². The maximum absolute atomic E-state index is 12.1. The maximum Gasteiger partial charge on any atom is 0.292 e. The minimum absolute atomic E-state index is 0.282. The molecule has 112 valence electrons. The van der Waals surface area contributed by atoms with Gasteiger partial charge in [0, 0.05) is 15.7 Å². The molecule has 1 aromatic heterocycles. The minimum atomic E-state index is -0.282. The number of allylic oxidation sites excluding steroid dienone is 1. The van der Waals surface area contributed by atoms with E-state index in [1.54, 1.807) is 6.21 Å². The number of hydrogen-bond acceptors (Lipinski definition) is 3. The second-order valence-electron chi connectivity index (χ2n) is 5.02. The molecule has 1 amide bonds. The van der Waals surface area contributed by atoms with Crippen molar-refractivity contribution in [2.45, 2.75) is 19.3 Å². The number of benzene rings is 1. The first kappa shape index (κ1) is 14.7. The van der Waals surface area contributed by atoms with E-state index >= 15 is 0 Å². The van der Waals surface area contributed by atoms with Gasteiger partial charge >= 0.3 is 0 Å². The van der Waals surface area contributed by atoms with E-state index in [9.17, 15) is 4.79 Å². The Balaban J connectivity index is 1.62. The average Bonchev–Trinajstić information content (AvgIpc) is 3.10. The molecule has 0 fully saturated rings. The highest BCUT2D eigenvalue weighted by Crippen LogP contribution is 2.22. The summed E-state index contributed by atoms with van der Waals surface area (Å²) in [5, 5.41) is 10.9. The van der Waals surface area contributed by atoms with Gasteiger partial charge in [-0.25, -0.2) is 5.43 Å². The van der Waals surface area contributed by atoms with Crippen molar-refractivity contribution >= 4 is 34.1 Å². The van der Waals surface area contributed by atoms with Crippen LogP contribution < -0.4 is 5.43 Å². The zero-order valence-electron chi connectivity index (χ0n) is 11.8. The van der Waals surface area contributed by atoms with Crippen molar-refractivity contribution in [3.8, 4) is 0 Å². The smallest absolute Gasteiger partial charge is 0.281 e. The molecule has 5 nitrogen and oxygen atoms in total. The van der Waals surface area contributed by atoms with Crippen molar-refractivity contribution in [1.82, 2.24) is 15.6 Å². The molecule has 0 aliphatic heterocycles. The minimum Gasteiger partial charge on any atom is -0.281 e. The van der Waals surface area contributed by atoms with Crippen LogP contribution in [0.15, 0.2) is 39.9 Å². The van der Waals surface area contributed by atoms with Crippen LogP contribution in [-0.2, 0) is 12.8 Å². The highest BCUT2D eigenvalue weighted by atomic mass is 79.9. The van der Waals surface area contributed by atoms with Gasteiger partial charge in [0.2, 0.25) is 0 Å². The fourth-order valence-electron chi connectivity index (χ4n) is 2.46. The Morgan fingerprint density at radius 2 is 2.14 bits per heavy atom. The van der Waals surface area contributed by atoms with Crippen LogP contribution in [0.1, 0.15) is 33.7 Å². The standard InChI is InChI=1S/C16H15BrN4O/c17-12(9-11-5-2-1-3-6-11)10-18-21-16(22)15-13-7-4-8-14(13)19-20-15/h1-3,5-6,9-10H,4,7-8H2,(H,19,20)(H,21,22)/b12-9-,18-10?. The summed E-state index contributed by atoms with van der Waals surface area (Å²) in [6.45, 7) is 0. The molecule has 3 rings (SSSR count). The zero-order valence-corrected chi connectivity index (χ0v) is 13.4. The predicted molar refractivity (Wildman–Crippen MR) is 89.9 cm³/mol. The molecule has 22 heavy (non-hydrogen) atoms. The third kappa shape index (κ3) is 3.33. The van der Waals surface area contributed by atoms with Crippen LogP contribution in [-0.4, -0.2) is 22.3 Å². The van der Waals surface area contributed by atoms with Crippen LogP contribution in [0.25, 0.3) is 6.08 Å². The van der Waals surface area contributed by atoms with Gasteiger partial charge in [-0.2, -0.15) is 10.2 Å². The van der Waals surface area contributed by atoms with Crippen molar-refractivity contribution in [1.29, 1.82) is 0 Å². The molecule has 0 bridgehead atoms. The summed E-state index contributed by atoms with van der Waals surface area (Å²) >= 11 is 3.40. The van der Waals surface area contributed by atoms with Crippen LogP contribution in [0.2, 0.25) is 0 Å². The van der Waals surface area contributed by atoms with Crippen molar-refractivity contribution < 1.29 is 4.79 Å². The number of H-pyrrole nitrogens is 1. The van der Waals surface area contributed by atoms with Crippen molar-refractivity contribution in [3.63, 3.8) is 0 Å². The SMILES string of the molecule is O=C(NN=C/C(Br)=C/c1ccccc1)c1n[nH]c2c1CCC2. The van der Waals surface area contributed by atoms with Crippen LogP contribution in [0.5, 0.6) is 0 Å². The summed E-state index contributed by atoms with van der Waals surface area (Å²) in [6.07, 6.45) is 6.40. The molecule has 2 N–H and O–H groups in total. The first-order valence-corrected chi connectivity index (χ1v) is 7.85. The van der Waals surface area contributed by atoms with Crippen molar-refractivity contribution in [2.24, 2.45) is 5.10 Å². The third-order valence-electron chi connectivity index (χ3n) is 3.48. The summed E-state index contributed by atoms with van der Waals surface area (Å²) in [7, 11) is 0. The van der Waals surface area contributed by atoms with E-state index in [0.717, 1.165) is 40.6 Å². The van der Waals surface area contributed by atoms with E-state index in [1.807, 2.05) is 36.4 Å². The number of carbonyl (C=O) groups excluding carboxylic acids is 1. The highest BCUT2D eigenvalue weighted by molar-refractivity contribution is 9.12. The largest absolute Gasteiger partial charge is 0.292 e. The number of nitrogens with one attached hydrogen (secondary N) is 2. The van der Waals surface area contributed by atoms with Gasteiger partial charge in [0.15, 0.2) is 5.69 Å². The first-order valence-electron chi connectivity index (χ1n) is 7.06. The van der Waals surface area contributed by atoms with Gasteiger partial charge in [-0.05, 0) is 46.8 Å². The molecule has 1 aliphatic rings. The van der Waals surface area contributed by atoms with E-state index < -0.39 is 0 Å². The molecule has 1 heterocycles. The van der Waals surface area contributed by atoms with Gasteiger partial charge in [-0.15, -0.1) is 0 Å². The van der Waals surface area contributed by atoms with E-state index in [1.165, 1.54) is 0 Å². The lowest BCUT2D eigenvalue weighted by Crippen LogP contribution is -2.19. The number of halogens is 1. The summed E-state index contributed by atoms with van der Waals surface area (Å²) in [4.78, 5) is 12.1. The molecule has 0 spiro atoms. The average molecular weight is 359 g/mol. The second-order valence-corrected chi connectivity index (χ2v) is 5.94. The number of hydrogen-bond donors (Lipinski definition) is 2. The van der Waals surface area contributed by atoms with Gasteiger partial charge in [0.25, 0.3) is 5.91 Å². The lowest BCUT2D eigenvalue weighted by atomic mass is 10.2. The third-order valence-corrected chi connectivity index (χ3v) is 3.91. The van der Waals surface area contributed by atoms with Crippen molar-refractivity contribution in [3.05, 3.63) is 57.3 Å². The fraction of sp³-hybridized carbons (Fsp3) is 0.188. The van der Waals surface area contributed by atoms with Gasteiger partial charge in [0.1, 0.15) is 0 Å². The Morgan fingerprint density at radius 1 is 1.32 bits per heavy atom. The normalized spacial score (nSPS) is 14.3. The number of rotatable bonds is 4. The zero-order chi connectivity index (χ0) is 15.4. The van der Waals surface area contributed by atoms with Crippen molar-refractivity contribution in [2.75, 3.05) is 0 Å². The molecule has 0 saturated carbocycles. The van der Waals surface area contributed by atoms with Crippen LogP contribution >= 0.6 is 15.9 Å². The second kappa shape index (κ2) is 6.70. The maximum atomic E-state index is 12.1. The van der Waals surface area contributed by atoms with Gasteiger partial charge in [-0.1, -0.05) is 30.3 Å². The fourth-order valence-corrected chi connectivity index (χ4v) is 2.83. The van der Waals surface area contributed by atoms with E-state index in [4.69, 9.17) is 0 Å². The number of carbonyl (C=O) groups is 1. The number of fused-ring (bicyclic) bond motifs is 1. The Labute approximate surface area is 136 Å². The number of nitrogens with zero attached hydrogens (tertiary/aromatic N) is 2. The Hall–Kier alpha value is -2.21. The van der Waals surface area contributed by atoms with Crippen LogP contribution in [0, 0.1) is 0 Å². The monoisotopic (exact) mass is 358 g/mol. The number of aryl methyl sites for hydroxylation is 1. The lowest BCUT2D eigenvalue weighted by molar-refractivity contribution is 0.0949. The molecule has 1 aliphatic carbocycles. The molecule has 1 aromatic carbocycles. The van der Waals surface area contributed by atoms with Gasteiger partial charge < -0.3 is 0 Å². The van der Waals surface area contributed by atoms with E-state index in [2.05, 4.69) is 36.7 Å². The summed E-state index contributed by atoms with van der Waals surface area (Å²) < 4.78 is 0.770. The first-order chi connectivity index (χ1) is 10.7. The Kier molecular flexibility index (Phi) is 4.48. The molecular formula is C16H15BrN4O. The summed E-state index contributed by atoms with van der Waals surface area (Å²) in [6, 6.07) is 9.86. The summed E-state index contributed by atoms with van der Waals surface area (Å²) in [5.41, 5.74) is 6.10. The van der Waals surface area contributed by atoms with Gasteiger partial charge in [-0.3, -0.25) is 9.89 Å². The topological polar surface area (TPSA) is 70.1 Å². The predicted octanol–water partition coefficient (Wildman–Crippen LogP) is 3.05. The molecule has 0 unspecified atom stereocenters. The number of amides is 1. The van der Waals surface area contributed by atoms with Crippen LogP contribution in [0.4, 0.5) is 0 Å².